The summed E-state index contributed by atoms with van der Waals surface area (Å²) in [5.74, 6) is 0.264. The maximum atomic E-state index is 9.46. The van der Waals surface area contributed by atoms with Gasteiger partial charge in [-0.3, -0.25) is 4.99 Å². The van der Waals surface area contributed by atoms with Crippen LogP contribution < -0.4 is 11.1 Å². The molecule has 0 radical (unpaired) electrons. The number of aliphatic hydroxyl groups is 1. The van der Waals surface area contributed by atoms with Crippen LogP contribution >= 0.6 is 0 Å². The van der Waals surface area contributed by atoms with E-state index >= 15 is 0 Å². The van der Waals surface area contributed by atoms with E-state index < -0.39 is 6.23 Å². The Bertz CT molecular complexity index is 255. The fraction of sp³-hybridized carbons (Fsp3) is 0.769. The minimum Gasteiger partial charge on any atom is -0.384 e. The lowest BCUT2D eigenvalue weighted by atomic mass is 10.0. The van der Waals surface area contributed by atoms with Crippen molar-refractivity contribution in [2.75, 3.05) is 20.3 Å². The first-order valence-electron chi connectivity index (χ1n) is 6.36. The third-order valence-corrected chi connectivity index (χ3v) is 2.65. The smallest absolute Gasteiger partial charge is 0.118 e. The molecule has 0 aliphatic heterocycles. The maximum absolute atomic E-state index is 9.46. The standard InChI is InChI=1S/C13H27N3O2/c1-5-11(15-7-6-8-18-4)9-16-12(10(2)3)13(14)17/h5,7,10,12-13,16-17H,6,8-9,14H2,1-4H3/b11-5-,15-7-. The molecule has 18 heavy (non-hydrogen) atoms. The van der Waals surface area contributed by atoms with Gasteiger partial charge in [0.2, 0.25) is 0 Å². The summed E-state index contributed by atoms with van der Waals surface area (Å²) < 4.78 is 4.94. The number of aliphatic imine (C=N–C) groups is 1. The van der Waals surface area contributed by atoms with Gasteiger partial charge < -0.3 is 20.9 Å². The van der Waals surface area contributed by atoms with Gasteiger partial charge in [-0.05, 0) is 12.8 Å². The van der Waals surface area contributed by atoms with Crippen LogP contribution in [-0.2, 0) is 4.74 Å². The van der Waals surface area contributed by atoms with Crippen molar-refractivity contribution in [3.8, 4) is 0 Å². The van der Waals surface area contributed by atoms with Crippen LogP contribution in [0.15, 0.2) is 16.8 Å². The molecule has 106 valence electrons. The third-order valence-electron chi connectivity index (χ3n) is 2.65. The van der Waals surface area contributed by atoms with Crippen LogP contribution in [0.3, 0.4) is 0 Å². The molecule has 0 amide bonds. The highest BCUT2D eigenvalue weighted by Gasteiger charge is 2.18. The molecule has 5 nitrogen and oxygen atoms in total. The predicted octanol–water partition coefficient (Wildman–Crippen LogP) is 0.889. The molecule has 0 aliphatic rings. The van der Waals surface area contributed by atoms with Gasteiger partial charge in [0.1, 0.15) is 6.23 Å². The van der Waals surface area contributed by atoms with Crippen molar-refractivity contribution >= 4 is 6.21 Å². The average Bonchev–Trinajstić information content (AvgIpc) is 2.31. The zero-order valence-corrected chi connectivity index (χ0v) is 11.9. The Labute approximate surface area is 110 Å². The number of nitrogens with two attached hydrogens (primary N) is 1. The van der Waals surface area contributed by atoms with E-state index in [1.165, 1.54) is 0 Å². The van der Waals surface area contributed by atoms with E-state index in [1.54, 1.807) is 7.11 Å². The Balaban J connectivity index is 4.18. The molecule has 5 heteroatoms. The Morgan fingerprint density at radius 2 is 2.17 bits per heavy atom. The van der Waals surface area contributed by atoms with E-state index in [-0.39, 0.29) is 12.0 Å². The number of rotatable bonds is 9. The number of nitrogens with zero attached hydrogens (tertiary/aromatic N) is 1. The summed E-state index contributed by atoms with van der Waals surface area (Å²) in [5, 5.41) is 12.7. The Kier molecular flexibility index (Phi) is 9.77. The van der Waals surface area contributed by atoms with E-state index in [0.29, 0.717) is 13.2 Å². The molecule has 2 atom stereocenters. The van der Waals surface area contributed by atoms with E-state index in [2.05, 4.69) is 10.3 Å². The van der Waals surface area contributed by atoms with E-state index in [0.717, 1.165) is 12.1 Å². The van der Waals surface area contributed by atoms with Gasteiger partial charge in [0.15, 0.2) is 0 Å². The molecule has 0 aromatic carbocycles. The lowest BCUT2D eigenvalue weighted by molar-refractivity contribution is 0.112. The number of methoxy groups -OCH3 is 1. The molecule has 0 rings (SSSR count). The summed E-state index contributed by atoms with van der Waals surface area (Å²) in [6, 6.07) is -0.130. The van der Waals surface area contributed by atoms with Gasteiger partial charge in [0.05, 0.1) is 6.61 Å². The molecule has 0 saturated heterocycles. The molecule has 2 unspecified atom stereocenters. The molecular formula is C13H27N3O2. The molecule has 0 aliphatic carbocycles. The highest BCUT2D eigenvalue weighted by atomic mass is 16.5. The summed E-state index contributed by atoms with van der Waals surface area (Å²) >= 11 is 0. The first kappa shape index (κ1) is 17.2. The number of hydrogen-bond donors (Lipinski definition) is 3. The molecule has 0 heterocycles. The van der Waals surface area contributed by atoms with Gasteiger partial charge in [0.25, 0.3) is 0 Å². The number of hydrogen-bond acceptors (Lipinski definition) is 5. The fourth-order valence-electron chi connectivity index (χ4n) is 1.55. The first-order valence-corrected chi connectivity index (χ1v) is 6.36. The van der Waals surface area contributed by atoms with Crippen LogP contribution in [-0.4, -0.2) is 43.9 Å². The highest BCUT2D eigenvalue weighted by molar-refractivity contribution is 5.59. The molecule has 0 spiro atoms. The average molecular weight is 257 g/mol. The number of aliphatic hydroxyl groups excluding tert-OH is 1. The van der Waals surface area contributed by atoms with Crippen molar-refractivity contribution in [1.29, 1.82) is 0 Å². The zero-order chi connectivity index (χ0) is 14.0. The molecule has 0 aromatic heterocycles. The van der Waals surface area contributed by atoms with E-state index in [1.807, 2.05) is 33.1 Å². The van der Waals surface area contributed by atoms with Gasteiger partial charge in [0, 0.05) is 38.0 Å². The number of ether oxygens (including phenoxy) is 1. The summed E-state index contributed by atoms with van der Waals surface area (Å²) in [6.07, 6.45) is 3.71. The SMILES string of the molecule is C/C=C(CNC(C(C)C)C(N)O)\N=C/CCOC. The monoisotopic (exact) mass is 257 g/mol. The Morgan fingerprint density at radius 3 is 2.61 bits per heavy atom. The summed E-state index contributed by atoms with van der Waals surface area (Å²) in [7, 11) is 1.67. The second-order valence-electron chi connectivity index (χ2n) is 4.51. The van der Waals surface area contributed by atoms with Crippen LogP contribution in [0.5, 0.6) is 0 Å². The quantitative estimate of drug-likeness (QED) is 0.325. The largest absolute Gasteiger partial charge is 0.384 e. The van der Waals surface area contributed by atoms with Crippen molar-refractivity contribution in [2.24, 2.45) is 16.6 Å². The van der Waals surface area contributed by atoms with Crippen LogP contribution in [0.4, 0.5) is 0 Å². The Hall–Kier alpha value is -0.750. The predicted molar refractivity (Wildman–Crippen MR) is 75.6 cm³/mol. The summed E-state index contributed by atoms with van der Waals surface area (Å²) in [6.45, 7) is 7.24. The minimum absolute atomic E-state index is 0.130. The third kappa shape index (κ3) is 7.55. The first-order chi connectivity index (χ1) is 8.52. The zero-order valence-electron chi connectivity index (χ0n) is 11.9. The molecule has 0 bridgehead atoms. The number of nitrogens with one attached hydrogen (secondary N) is 1. The molecule has 0 fully saturated rings. The van der Waals surface area contributed by atoms with Gasteiger partial charge in [-0.1, -0.05) is 19.9 Å². The van der Waals surface area contributed by atoms with Gasteiger partial charge in [-0.15, -0.1) is 0 Å². The normalized spacial score (nSPS) is 16.5. The van der Waals surface area contributed by atoms with Gasteiger partial charge >= 0.3 is 0 Å². The summed E-state index contributed by atoms with van der Waals surface area (Å²) in [4.78, 5) is 4.34. The van der Waals surface area contributed by atoms with Gasteiger partial charge in [-0.2, -0.15) is 0 Å². The number of allylic oxidation sites excluding steroid dienone is 1. The molecule has 0 aromatic rings. The fourth-order valence-corrected chi connectivity index (χ4v) is 1.55. The van der Waals surface area contributed by atoms with Gasteiger partial charge in [-0.25, -0.2) is 0 Å². The Morgan fingerprint density at radius 1 is 1.50 bits per heavy atom. The maximum Gasteiger partial charge on any atom is 0.118 e. The van der Waals surface area contributed by atoms with E-state index in [4.69, 9.17) is 10.5 Å². The minimum atomic E-state index is -0.861. The highest BCUT2D eigenvalue weighted by Crippen LogP contribution is 2.05. The lowest BCUT2D eigenvalue weighted by Gasteiger charge is -2.24. The van der Waals surface area contributed by atoms with Crippen LogP contribution in [0.1, 0.15) is 27.2 Å². The molecular weight excluding hydrogens is 230 g/mol. The summed E-state index contributed by atoms with van der Waals surface area (Å²) in [5.41, 5.74) is 6.45. The van der Waals surface area contributed by atoms with Crippen LogP contribution in [0, 0.1) is 5.92 Å². The van der Waals surface area contributed by atoms with Crippen LogP contribution in [0.25, 0.3) is 0 Å². The van der Waals surface area contributed by atoms with Crippen molar-refractivity contribution in [1.82, 2.24) is 5.32 Å². The van der Waals surface area contributed by atoms with Crippen molar-refractivity contribution in [3.63, 3.8) is 0 Å². The van der Waals surface area contributed by atoms with Crippen molar-refractivity contribution in [2.45, 2.75) is 39.5 Å². The van der Waals surface area contributed by atoms with E-state index in [9.17, 15) is 5.11 Å². The second-order valence-corrected chi connectivity index (χ2v) is 4.51. The van der Waals surface area contributed by atoms with Crippen LogP contribution in [0.2, 0.25) is 0 Å². The van der Waals surface area contributed by atoms with Crippen molar-refractivity contribution in [3.05, 3.63) is 11.8 Å². The molecule has 0 saturated carbocycles. The lowest BCUT2D eigenvalue weighted by Crippen LogP contribution is -2.48. The topological polar surface area (TPSA) is 79.9 Å². The van der Waals surface area contributed by atoms with Crippen molar-refractivity contribution < 1.29 is 9.84 Å². The second kappa shape index (κ2) is 10.2. The molecule has 4 N–H and O–H groups in total.